The largest absolute Gasteiger partial charge is 0.384 e. The van der Waals surface area contributed by atoms with Crippen LogP contribution >= 0.6 is 0 Å². The highest BCUT2D eigenvalue weighted by molar-refractivity contribution is 5.63. The first kappa shape index (κ1) is 10.5. The number of anilines is 1. The number of aryl methyl sites for hydroxylation is 1. The molecule has 6 heteroatoms. The van der Waals surface area contributed by atoms with Crippen molar-refractivity contribution >= 4 is 5.82 Å². The van der Waals surface area contributed by atoms with Crippen LogP contribution in [0.1, 0.15) is 0 Å². The molecule has 0 aliphatic carbocycles. The first-order valence-electron chi connectivity index (χ1n) is 5.51. The highest BCUT2D eigenvalue weighted by atomic mass is 15.4. The van der Waals surface area contributed by atoms with E-state index in [0.717, 1.165) is 16.9 Å². The number of nitrogens with zero attached hydrogens (tertiary/aromatic N) is 5. The summed E-state index contributed by atoms with van der Waals surface area (Å²) in [5.74, 6) is 0.644. The van der Waals surface area contributed by atoms with Gasteiger partial charge in [0, 0.05) is 18.7 Å². The maximum absolute atomic E-state index is 5.76. The molecule has 0 unspecified atom stereocenters. The van der Waals surface area contributed by atoms with Gasteiger partial charge in [0.05, 0.1) is 23.8 Å². The number of hydrogen-bond acceptors (Lipinski definition) is 4. The Bertz CT molecular complexity index is 631. The molecule has 2 heterocycles. The first-order valence-corrected chi connectivity index (χ1v) is 5.51. The maximum Gasteiger partial charge on any atom is 0.121 e. The van der Waals surface area contributed by atoms with Crippen molar-refractivity contribution in [1.82, 2.24) is 24.8 Å². The van der Waals surface area contributed by atoms with E-state index in [1.54, 1.807) is 21.8 Å². The predicted molar refractivity (Wildman–Crippen MR) is 68.0 cm³/mol. The van der Waals surface area contributed by atoms with Crippen molar-refractivity contribution in [2.45, 2.75) is 0 Å². The summed E-state index contributed by atoms with van der Waals surface area (Å²) in [6.07, 6.45) is 3.45. The molecule has 0 bridgehead atoms. The molecule has 0 saturated heterocycles. The number of nitrogen functional groups attached to an aromatic ring is 1. The molecule has 0 radical (unpaired) electrons. The summed E-state index contributed by atoms with van der Waals surface area (Å²) >= 11 is 0. The Kier molecular flexibility index (Phi) is 2.33. The zero-order valence-corrected chi connectivity index (χ0v) is 9.85. The summed E-state index contributed by atoms with van der Waals surface area (Å²) < 4.78 is 3.36. The van der Waals surface area contributed by atoms with E-state index < -0.39 is 0 Å². The molecule has 3 rings (SSSR count). The second-order valence-corrected chi connectivity index (χ2v) is 3.97. The minimum atomic E-state index is 0.644. The van der Waals surface area contributed by atoms with Gasteiger partial charge >= 0.3 is 0 Å². The molecular weight excluding hydrogens is 228 g/mol. The van der Waals surface area contributed by atoms with Crippen LogP contribution in [0.3, 0.4) is 0 Å². The van der Waals surface area contributed by atoms with E-state index in [9.17, 15) is 0 Å². The fraction of sp³-hybridized carbons (Fsp3) is 0.0833. The lowest BCUT2D eigenvalue weighted by Crippen LogP contribution is -1.96. The van der Waals surface area contributed by atoms with Crippen molar-refractivity contribution in [1.29, 1.82) is 0 Å². The van der Waals surface area contributed by atoms with Gasteiger partial charge in [-0.15, -0.1) is 5.10 Å². The average molecular weight is 240 g/mol. The topological polar surface area (TPSA) is 74.5 Å². The van der Waals surface area contributed by atoms with Crippen LogP contribution in [0.25, 0.3) is 16.9 Å². The second-order valence-electron chi connectivity index (χ2n) is 3.97. The Morgan fingerprint density at radius 3 is 2.50 bits per heavy atom. The second kappa shape index (κ2) is 3.99. The van der Waals surface area contributed by atoms with Gasteiger partial charge in [-0.05, 0) is 12.1 Å². The lowest BCUT2D eigenvalue weighted by molar-refractivity contribution is 0.782. The average Bonchev–Trinajstić information content (AvgIpc) is 3.01. The number of benzene rings is 1. The molecule has 1 aromatic carbocycles. The van der Waals surface area contributed by atoms with Gasteiger partial charge in [-0.1, -0.05) is 17.3 Å². The lowest BCUT2D eigenvalue weighted by Gasteiger charge is -2.01. The molecule has 0 atom stereocenters. The van der Waals surface area contributed by atoms with Gasteiger partial charge in [0.25, 0.3) is 0 Å². The Morgan fingerprint density at radius 2 is 1.94 bits per heavy atom. The Morgan fingerprint density at radius 1 is 1.17 bits per heavy atom. The predicted octanol–water partition coefficient (Wildman–Crippen LogP) is 1.25. The molecule has 90 valence electrons. The molecule has 0 amide bonds. The zero-order valence-electron chi connectivity index (χ0n) is 9.85. The molecule has 0 saturated carbocycles. The van der Waals surface area contributed by atoms with Crippen molar-refractivity contribution in [3.8, 4) is 16.9 Å². The normalized spacial score (nSPS) is 10.7. The number of hydrogen-bond donors (Lipinski definition) is 1. The van der Waals surface area contributed by atoms with E-state index in [0.29, 0.717) is 5.82 Å². The summed E-state index contributed by atoms with van der Waals surface area (Å²) in [6, 6.07) is 9.76. The minimum Gasteiger partial charge on any atom is -0.384 e. The van der Waals surface area contributed by atoms with Crippen LogP contribution in [0, 0.1) is 0 Å². The van der Waals surface area contributed by atoms with Crippen LogP contribution in [0.4, 0.5) is 5.82 Å². The Balaban J connectivity index is 1.96. The number of rotatable bonds is 2. The molecule has 2 aromatic heterocycles. The van der Waals surface area contributed by atoms with Crippen molar-refractivity contribution in [2.75, 3.05) is 5.73 Å². The van der Waals surface area contributed by atoms with Gasteiger partial charge in [0.15, 0.2) is 0 Å². The molecule has 6 nitrogen and oxygen atoms in total. The fourth-order valence-electron chi connectivity index (χ4n) is 1.75. The zero-order chi connectivity index (χ0) is 12.5. The first-order chi connectivity index (χ1) is 8.74. The van der Waals surface area contributed by atoms with Gasteiger partial charge in [-0.25, -0.2) is 4.68 Å². The number of nitrogens with two attached hydrogens (primary N) is 1. The van der Waals surface area contributed by atoms with Crippen LogP contribution < -0.4 is 5.73 Å². The van der Waals surface area contributed by atoms with Crippen LogP contribution in [-0.4, -0.2) is 24.8 Å². The van der Waals surface area contributed by atoms with E-state index in [-0.39, 0.29) is 0 Å². The molecule has 0 aliphatic heterocycles. The molecular formula is C12H12N6. The van der Waals surface area contributed by atoms with E-state index in [4.69, 9.17) is 5.73 Å². The SMILES string of the molecule is Cn1nc(-c2ccc(-n3ccnn3)cc2)cc1N. The van der Waals surface area contributed by atoms with Crippen molar-refractivity contribution in [3.05, 3.63) is 42.7 Å². The molecule has 2 N–H and O–H groups in total. The third-order valence-corrected chi connectivity index (χ3v) is 2.77. The van der Waals surface area contributed by atoms with Gasteiger partial charge < -0.3 is 5.73 Å². The maximum atomic E-state index is 5.76. The lowest BCUT2D eigenvalue weighted by atomic mass is 10.1. The molecule has 0 aliphatic rings. The van der Waals surface area contributed by atoms with Gasteiger partial charge in [0.1, 0.15) is 5.82 Å². The Hall–Kier alpha value is -2.63. The molecule has 3 aromatic rings. The van der Waals surface area contributed by atoms with Gasteiger partial charge in [-0.3, -0.25) is 4.68 Å². The smallest absolute Gasteiger partial charge is 0.121 e. The molecule has 0 spiro atoms. The van der Waals surface area contributed by atoms with Crippen LogP contribution in [0.2, 0.25) is 0 Å². The van der Waals surface area contributed by atoms with Crippen LogP contribution in [0.15, 0.2) is 42.7 Å². The van der Waals surface area contributed by atoms with E-state index in [2.05, 4.69) is 15.4 Å². The molecule has 18 heavy (non-hydrogen) atoms. The van der Waals surface area contributed by atoms with E-state index in [1.165, 1.54) is 0 Å². The van der Waals surface area contributed by atoms with Gasteiger partial charge in [-0.2, -0.15) is 5.10 Å². The van der Waals surface area contributed by atoms with E-state index in [1.807, 2.05) is 37.4 Å². The van der Waals surface area contributed by atoms with Crippen LogP contribution in [-0.2, 0) is 7.05 Å². The summed E-state index contributed by atoms with van der Waals surface area (Å²) in [4.78, 5) is 0. The third kappa shape index (κ3) is 1.73. The van der Waals surface area contributed by atoms with Crippen molar-refractivity contribution in [2.24, 2.45) is 7.05 Å². The van der Waals surface area contributed by atoms with Crippen molar-refractivity contribution in [3.63, 3.8) is 0 Å². The standard InChI is InChI=1S/C12H12N6/c1-17-12(13)8-11(15-17)9-2-4-10(5-3-9)18-7-6-14-16-18/h2-8H,13H2,1H3. The highest BCUT2D eigenvalue weighted by Crippen LogP contribution is 2.21. The summed E-state index contributed by atoms with van der Waals surface area (Å²) in [7, 11) is 1.82. The third-order valence-electron chi connectivity index (χ3n) is 2.77. The Labute approximate surface area is 104 Å². The molecule has 0 fully saturated rings. The van der Waals surface area contributed by atoms with E-state index >= 15 is 0 Å². The summed E-state index contributed by atoms with van der Waals surface area (Å²) in [5, 5.41) is 12.0. The summed E-state index contributed by atoms with van der Waals surface area (Å²) in [6.45, 7) is 0. The monoisotopic (exact) mass is 240 g/mol. The van der Waals surface area contributed by atoms with Gasteiger partial charge in [0.2, 0.25) is 0 Å². The van der Waals surface area contributed by atoms with Crippen LogP contribution in [0.5, 0.6) is 0 Å². The number of aromatic nitrogens is 5. The van der Waals surface area contributed by atoms with Crippen molar-refractivity contribution < 1.29 is 0 Å². The minimum absolute atomic E-state index is 0.644. The quantitative estimate of drug-likeness (QED) is 0.731. The highest BCUT2D eigenvalue weighted by Gasteiger charge is 2.05. The summed E-state index contributed by atoms with van der Waals surface area (Å²) in [5.41, 5.74) is 8.60. The fourth-order valence-corrected chi connectivity index (χ4v) is 1.75.